The summed E-state index contributed by atoms with van der Waals surface area (Å²) in [7, 11) is 0. The molecule has 0 fully saturated rings. The monoisotopic (exact) mass is 323 g/mol. The van der Waals surface area contributed by atoms with Crippen LogP contribution in [0.4, 0.5) is 10.1 Å². The number of benzene rings is 2. The second kappa shape index (κ2) is 5.60. The average Bonchev–Trinajstić information content (AvgIpc) is 2.96. The summed E-state index contributed by atoms with van der Waals surface area (Å²) in [5, 5.41) is 0. The van der Waals surface area contributed by atoms with Gasteiger partial charge in [-0.1, -0.05) is 36.4 Å². The van der Waals surface area contributed by atoms with Gasteiger partial charge in [0.25, 0.3) is 0 Å². The topological polar surface area (TPSA) is 46.6 Å². The molecule has 0 bridgehead atoms. The lowest BCUT2D eigenvalue weighted by Crippen LogP contribution is -2.37. The van der Waals surface area contributed by atoms with Gasteiger partial charge in [-0.2, -0.15) is 0 Å². The second-order valence-corrected chi connectivity index (χ2v) is 5.81. The first-order valence-corrected chi connectivity index (χ1v) is 7.69. The molecule has 2 aromatic carbocycles. The molecule has 2 aliphatic rings. The SMILES string of the molecule is O=C1OCC2=C1[C@@H](c1ccccc1)CC(=O)N2c1cccc(F)c1. The number of carbonyl (C=O) groups excluding carboxylic acids is 2. The lowest BCUT2D eigenvalue weighted by Gasteiger charge is -2.31. The molecule has 4 nitrogen and oxygen atoms in total. The number of amides is 1. The first-order chi connectivity index (χ1) is 11.6. The minimum absolute atomic E-state index is 0.0275. The Bertz CT molecular complexity index is 860. The average molecular weight is 323 g/mol. The highest BCUT2D eigenvalue weighted by Crippen LogP contribution is 2.41. The molecule has 120 valence electrons. The van der Waals surface area contributed by atoms with Gasteiger partial charge in [-0.25, -0.2) is 9.18 Å². The van der Waals surface area contributed by atoms with Crippen molar-refractivity contribution in [3.8, 4) is 0 Å². The molecule has 0 spiro atoms. The number of halogens is 1. The Morgan fingerprint density at radius 2 is 1.83 bits per heavy atom. The molecule has 1 atom stereocenters. The Morgan fingerprint density at radius 1 is 1.04 bits per heavy atom. The number of cyclic esters (lactones) is 1. The molecule has 0 aromatic heterocycles. The molecule has 5 heteroatoms. The van der Waals surface area contributed by atoms with E-state index in [0.29, 0.717) is 17.0 Å². The highest BCUT2D eigenvalue weighted by Gasteiger charge is 2.42. The maximum Gasteiger partial charge on any atom is 0.336 e. The van der Waals surface area contributed by atoms with Crippen molar-refractivity contribution in [2.45, 2.75) is 12.3 Å². The fourth-order valence-corrected chi connectivity index (χ4v) is 3.34. The number of carbonyl (C=O) groups is 2. The van der Waals surface area contributed by atoms with Crippen LogP contribution in [0.15, 0.2) is 65.9 Å². The smallest absolute Gasteiger partial charge is 0.336 e. The summed E-state index contributed by atoms with van der Waals surface area (Å²) < 4.78 is 18.7. The minimum Gasteiger partial charge on any atom is -0.456 e. The molecular weight excluding hydrogens is 309 g/mol. The Balaban J connectivity index is 1.84. The third kappa shape index (κ3) is 2.29. The van der Waals surface area contributed by atoms with Crippen molar-refractivity contribution in [1.29, 1.82) is 0 Å². The van der Waals surface area contributed by atoms with E-state index in [9.17, 15) is 14.0 Å². The molecule has 2 heterocycles. The Morgan fingerprint density at radius 3 is 2.58 bits per heavy atom. The van der Waals surface area contributed by atoms with E-state index in [4.69, 9.17) is 4.74 Å². The quantitative estimate of drug-likeness (QED) is 0.798. The molecule has 0 saturated heterocycles. The summed E-state index contributed by atoms with van der Waals surface area (Å²) >= 11 is 0. The van der Waals surface area contributed by atoms with Gasteiger partial charge in [-0.3, -0.25) is 9.69 Å². The predicted molar refractivity (Wildman–Crippen MR) is 85.7 cm³/mol. The van der Waals surface area contributed by atoms with Crippen molar-refractivity contribution in [3.63, 3.8) is 0 Å². The molecule has 0 radical (unpaired) electrons. The lowest BCUT2D eigenvalue weighted by molar-refractivity contribution is -0.136. The van der Waals surface area contributed by atoms with Crippen molar-refractivity contribution in [2.75, 3.05) is 11.5 Å². The van der Waals surface area contributed by atoms with Crippen molar-refractivity contribution < 1.29 is 18.7 Å². The van der Waals surface area contributed by atoms with Crippen LogP contribution in [0, 0.1) is 5.82 Å². The van der Waals surface area contributed by atoms with Crippen LogP contribution in [0.5, 0.6) is 0 Å². The number of hydrogen-bond donors (Lipinski definition) is 0. The highest BCUT2D eigenvalue weighted by atomic mass is 19.1. The lowest BCUT2D eigenvalue weighted by atomic mass is 9.84. The van der Waals surface area contributed by atoms with Crippen LogP contribution in [0.2, 0.25) is 0 Å². The summed E-state index contributed by atoms with van der Waals surface area (Å²) in [5.41, 5.74) is 2.31. The fraction of sp³-hybridized carbons (Fsp3) is 0.158. The summed E-state index contributed by atoms with van der Waals surface area (Å²) in [5.74, 6) is -1.34. The molecular formula is C19H14FNO3. The van der Waals surface area contributed by atoms with Gasteiger partial charge < -0.3 is 4.74 Å². The second-order valence-electron chi connectivity index (χ2n) is 5.81. The summed E-state index contributed by atoms with van der Waals surface area (Å²) in [4.78, 5) is 26.4. The van der Waals surface area contributed by atoms with Crippen LogP contribution >= 0.6 is 0 Å². The van der Waals surface area contributed by atoms with E-state index >= 15 is 0 Å². The summed E-state index contributed by atoms with van der Waals surface area (Å²) in [6.07, 6.45) is 0.147. The van der Waals surface area contributed by atoms with Gasteiger partial charge in [-0.05, 0) is 23.8 Å². The van der Waals surface area contributed by atoms with E-state index in [-0.39, 0.29) is 24.9 Å². The zero-order valence-electron chi connectivity index (χ0n) is 12.7. The first kappa shape index (κ1) is 14.6. The van der Waals surface area contributed by atoms with Crippen LogP contribution in [0.3, 0.4) is 0 Å². The van der Waals surface area contributed by atoms with Gasteiger partial charge in [0, 0.05) is 12.3 Å². The van der Waals surface area contributed by atoms with E-state index in [1.807, 2.05) is 30.3 Å². The Kier molecular flexibility index (Phi) is 3.41. The van der Waals surface area contributed by atoms with E-state index in [2.05, 4.69) is 0 Å². The van der Waals surface area contributed by atoms with Gasteiger partial charge in [0.05, 0.1) is 17.0 Å². The predicted octanol–water partition coefficient (Wildman–Crippen LogP) is 3.16. The zero-order valence-corrected chi connectivity index (χ0v) is 12.7. The fourth-order valence-electron chi connectivity index (χ4n) is 3.34. The number of ether oxygens (including phenoxy) is 1. The normalized spacial score (nSPS) is 20.2. The van der Waals surface area contributed by atoms with E-state index < -0.39 is 11.8 Å². The standard InChI is InChI=1S/C19H14FNO3/c20-13-7-4-8-14(9-13)21-16-11-24-19(23)18(16)15(10-17(21)22)12-5-2-1-3-6-12/h1-9,15H,10-11H2/t15-/m1/s1. The zero-order chi connectivity index (χ0) is 16.7. The third-order valence-electron chi connectivity index (χ3n) is 4.39. The van der Waals surface area contributed by atoms with Crippen LogP contribution in [0.1, 0.15) is 17.9 Å². The molecule has 0 unspecified atom stereocenters. The molecule has 4 rings (SSSR count). The largest absolute Gasteiger partial charge is 0.456 e. The maximum atomic E-state index is 13.6. The van der Waals surface area contributed by atoms with Gasteiger partial charge in [0.2, 0.25) is 5.91 Å². The summed E-state index contributed by atoms with van der Waals surface area (Å²) in [6, 6.07) is 15.2. The molecule has 0 aliphatic carbocycles. The number of rotatable bonds is 2. The van der Waals surface area contributed by atoms with E-state index in [1.165, 1.54) is 17.0 Å². The van der Waals surface area contributed by atoms with Crippen LogP contribution in [-0.2, 0) is 14.3 Å². The van der Waals surface area contributed by atoms with Crippen LogP contribution in [0.25, 0.3) is 0 Å². The van der Waals surface area contributed by atoms with Crippen LogP contribution < -0.4 is 4.90 Å². The van der Waals surface area contributed by atoms with Crippen molar-refractivity contribution in [2.24, 2.45) is 0 Å². The molecule has 0 N–H and O–H groups in total. The number of hydrogen-bond acceptors (Lipinski definition) is 3. The molecule has 0 saturated carbocycles. The highest BCUT2D eigenvalue weighted by molar-refractivity contribution is 6.06. The summed E-state index contributed by atoms with van der Waals surface area (Å²) in [6.45, 7) is 0.0275. The number of anilines is 1. The maximum absolute atomic E-state index is 13.6. The van der Waals surface area contributed by atoms with Gasteiger partial charge in [-0.15, -0.1) is 0 Å². The van der Waals surface area contributed by atoms with Crippen molar-refractivity contribution >= 4 is 17.6 Å². The van der Waals surface area contributed by atoms with Gasteiger partial charge >= 0.3 is 5.97 Å². The van der Waals surface area contributed by atoms with Gasteiger partial charge in [0.1, 0.15) is 12.4 Å². The minimum atomic E-state index is -0.433. The Labute approximate surface area is 138 Å². The first-order valence-electron chi connectivity index (χ1n) is 7.69. The van der Waals surface area contributed by atoms with E-state index in [1.54, 1.807) is 12.1 Å². The Hall–Kier alpha value is -2.95. The molecule has 2 aromatic rings. The number of nitrogens with zero attached hydrogens (tertiary/aromatic N) is 1. The van der Waals surface area contributed by atoms with Crippen molar-refractivity contribution in [1.82, 2.24) is 0 Å². The third-order valence-corrected chi connectivity index (χ3v) is 4.39. The van der Waals surface area contributed by atoms with E-state index in [0.717, 1.165) is 5.56 Å². The van der Waals surface area contributed by atoms with Crippen molar-refractivity contribution in [3.05, 3.63) is 77.2 Å². The molecule has 1 amide bonds. The molecule has 2 aliphatic heterocycles. The van der Waals surface area contributed by atoms with Gasteiger partial charge in [0.15, 0.2) is 0 Å². The van der Waals surface area contributed by atoms with Crippen LogP contribution in [-0.4, -0.2) is 18.5 Å². The number of esters is 1. The molecule has 24 heavy (non-hydrogen) atoms.